The number of hydrogen-bond donors (Lipinski definition) is 0. The van der Waals surface area contributed by atoms with E-state index in [1.54, 1.807) is 0 Å². The minimum absolute atomic E-state index is 0.338. The Balaban J connectivity index is 1.33. The fourth-order valence-corrected chi connectivity index (χ4v) is 3.94. The molecule has 0 saturated carbocycles. The number of fused-ring (bicyclic) bond motifs is 2. The summed E-state index contributed by atoms with van der Waals surface area (Å²) in [4.78, 5) is 4.30. The van der Waals surface area contributed by atoms with Crippen LogP contribution in [-0.4, -0.2) is 63.8 Å². The van der Waals surface area contributed by atoms with E-state index in [2.05, 4.69) is 31.4 Å². The zero-order valence-corrected chi connectivity index (χ0v) is 16.2. The van der Waals surface area contributed by atoms with Crippen LogP contribution in [0.1, 0.15) is 35.8 Å². The first-order valence-electron chi connectivity index (χ1n) is 9.77. The second-order valence-corrected chi connectivity index (χ2v) is 7.65. The van der Waals surface area contributed by atoms with Crippen LogP contribution in [0.2, 0.25) is 0 Å². The molecule has 28 heavy (non-hydrogen) atoms. The van der Waals surface area contributed by atoms with Gasteiger partial charge in [-0.15, -0.1) is 20.4 Å². The van der Waals surface area contributed by atoms with Gasteiger partial charge in [-0.2, -0.15) is 9.61 Å². The third-order valence-electron chi connectivity index (χ3n) is 5.60. The molecule has 0 aliphatic carbocycles. The van der Waals surface area contributed by atoms with Crippen molar-refractivity contribution in [2.24, 2.45) is 0 Å². The molecular weight excluding hydrogens is 356 g/mol. The van der Waals surface area contributed by atoms with E-state index in [0.717, 1.165) is 67.8 Å². The number of ether oxygens (including phenoxy) is 1. The Morgan fingerprint density at radius 2 is 1.93 bits per heavy atom. The predicted octanol–water partition coefficient (Wildman–Crippen LogP) is 1.44. The third kappa shape index (κ3) is 3.05. The number of aromatic nitrogens is 6. The molecular formula is C19H24N8O. The second-order valence-electron chi connectivity index (χ2n) is 7.65. The molecule has 9 nitrogen and oxygen atoms in total. The van der Waals surface area contributed by atoms with Crippen molar-refractivity contribution in [2.75, 3.05) is 43.6 Å². The smallest absolute Gasteiger partial charge is 0.178 e. The van der Waals surface area contributed by atoms with E-state index >= 15 is 0 Å². The highest BCUT2D eigenvalue weighted by Crippen LogP contribution is 2.30. The first-order chi connectivity index (χ1) is 13.7. The summed E-state index contributed by atoms with van der Waals surface area (Å²) in [5.41, 5.74) is 3.04. The van der Waals surface area contributed by atoms with Crippen LogP contribution >= 0.6 is 0 Å². The van der Waals surface area contributed by atoms with Crippen molar-refractivity contribution in [2.45, 2.75) is 31.8 Å². The standard InChI is InChI=1S/C19H24N8O/c1-25(2)17-4-3-16-21-23-19(27(16)24-17)13-5-8-26(9-6-13)18-11-14-12-28-10-7-15(14)20-22-18/h3-4,11,13H,5-10,12H2,1-2H3. The Labute approximate surface area is 163 Å². The van der Waals surface area contributed by atoms with Crippen molar-refractivity contribution in [3.63, 3.8) is 0 Å². The van der Waals surface area contributed by atoms with Crippen LogP contribution in [0.4, 0.5) is 11.6 Å². The molecule has 0 bridgehead atoms. The van der Waals surface area contributed by atoms with Gasteiger partial charge in [0, 0.05) is 45.1 Å². The molecule has 0 atom stereocenters. The van der Waals surface area contributed by atoms with Gasteiger partial charge in [0.1, 0.15) is 5.82 Å². The zero-order chi connectivity index (χ0) is 19.1. The predicted molar refractivity (Wildman–Crippen MR) is 105 cm³/mol. The lowest BCUT2D eigenvalue weighted by Crippen LogP contribution is -2.34. The summed E-state index contributed by atoms with van der Waals surface area (Å²) >= 11 is 0. The molecule has 3 aromatic rings. The molecule has 146 valence electrons. The first kappa shape index (κ1) is 17.3. The number of rotatable bonds is 3. The summed E-state index contributed by atoms with van der Waals surface area (Å²) in [6.07, 6.45) is 2.83. The van der Waals surface area contributed by atoms with Crippen LogP contribution in [0.25, 0.3) is 5.65 Å². The average molecular weight is 380 g/mol. The van der Waals surface area contributed by atoms with Crippen molar-refractivity contribution in [3.05, 3.63) is 35.3 Å². The van der Waals surface area contributed by atoms with E-state index in [-0.39, 0.29) is 0 Å². The van der Waals surface area contributed by atoms with Gasteiger partial charge in [-0.25, -0.2) is 0 Å². The van der Waals surface area contributed by atoms with Crippen molar-refractivity contribution in [3.8, 4) is 0 Å². The number of nitrogens with zero attached hydrogens (tertiary/aromatic N) is 8. The lowest BCUT2D eigenvalue weighted by Gasteiger charge is -2.32. The van der Waals surface area contributed by atoms with E-state index in [9.17, 15) is 0 Å². The largest absolute Gasteiger partial charge is 0.376 e. The molecule has 0 unspecified atom stereocenters. The van der Waals surface area contributed by atoms with Crippen molar-refractivity contribution >= 4 is 17.3 Å². The normalized spacial score (nSPS) is 17.7. The summed E-state index contributed by atoms with van der Waals surface area (Å²) in [5.74, 6) is 3.13. The molecule has 3 aromatic heterocycles. The molecule has 2 aliphatic heterocycles. The molecule has 1 saturated heterocycles. The number of piperidine rings is 1. The Hall–Kier alpha value is -2.81. The van der Waals surface area contributed by atoms with Crippen LogP contribution in [0.5, 0.6) is 0 Å². The topological polar surface area (TPSA) is 84.6 Å². The Bertz CT molecular complexity index is 993. The fourth-order valence-electron chi connectivity index (χ4n) is 3.94. The Kier molecular flexibility index (Phi) is 4.31. The minimum Gasteiger partial charge on any atom is -0.376 e. The first-order valence-corrected chi connectivity index (χ1v) is 9.77. The maximum atomic E-state index is 5.56. The van der Waals surface area contributed by atoms with Crippen molar-refractivity contribution in [1.29, 1.82) is 0 Å². The molecule has 5 heterocycles. The monoisotopic (exact) mass is 380 g/mol. The Morgan fingerprint density at radius 3 is 2.75 bits per heavy atom. The summed E-state index contributed by atoms with van der Waals surface area (Å²) < 4.78 is 7.45. The van der Waals surface area contributed by atoms with Crippen molar-refractivity contribution < 1.29 is 4.74 Å². The molecule has 9 heteroatoms. The van der Waals surface area contributed by atoms with Crippen LogP contribution in [0.15, 0.2) is 18.2 Å². The highest BCUT2D eigenvalue weighted by atomic mass is 16.5. The van der Waals surface area contributed by atoms with E-state index in [4.69, 9.17) is 9.84 Å². The van der Waals surface area contributed by atoms with Gasteiger partial charge in [0.25, 0.3) is 0 Å². The SMILES string of the molecule is CN(C)c1ccc2nnc(C3CCN(c4cc5c(nn4)CCOC5)CC3)n2n1. The van der Waals surface area contributed by atoms with Gasteiger partial charge in [0.15, 0.2) is 17.3 Å². The summed E-state index contributed by atoms with van der Waals surface area (Å²) in [5, 5.41) is 22.3. The molecule has 0 N–H and O–H groups in total. The number of anilines is 2. The molecule has 0 aromatic carbocycles. The average Bonchev–Trinajstić information content (AvgIpc) is 3.17. The highest BCUT2D eigenvalue weighted by molar-refractivity contribution is 5.46. The molecule has 1 fully saturated rings. The number of hydrogen-bond acceptors (Lipinski definition) is 8. The second kappa shape index (κ2) is 6.97. The Morgan fingerprint density at radius 1 is 1.07 bits per heavy atom. The highest BCUT2D eigenvalue weighted by Gasteiger charge is 2.26. The van der Waals surface area contributed by atoms with Gasteiger partial charge in [-0.3, -0.25) is 0 Å². The molecule has 5 rings (SSSR count). The van der Waals surface area contributed by atoms with Crippen LogP contribution in [-0.2, 0) is 17.8 Å². The molecule has 2 aliphatic rings. The maximum absolute atomic E-state index is 5.56. The molecule has 0 amide bonds. The maximum Gasteiger partial charge on any atom is 0.178 e. The van der Waals surface area contributed by atoms with Crippen LogP contribution < -0.4 is 9.80 Å². The van der Waals surface area contributed by atoms with Crippen LogP contribution in [0.3, 0.4) is 0 Å². The van der Waals surface area contributed by atoms with E-state index in [1.807, 2.05) is 35.6 Å². The molecule has 0 radical (unpaired) electrons. The van der Waals surface area contributed by atoms with Gasteiger partial charge in [0.05, 0.1) is 18.9 Å². The third-order valence-corrected chi connectivity index (χ3v) is 5.60. The lowest BCUT2D eigenvalue weighted by atomic mass is 9.96. The summed E-state index contributed by atoms with van der Waals surface area (Å²) in [6.45, 7) is 3.21. The van der Waals surface area contributed by atoms with Gasteiger partial charge in [0.2, 0.25) is 0 Å². The van der Waals surface area contributed by atoms with Crippen LogP contribution in [0, 0.1) is 0 Å². The lowest BCUT2D eigenvalue weighted by molar-refractivity contribution is 0.109. The van der Waals surface area contributed by atoms with E-state index in [1.165, 1.54) is 5.56 Å². The van der Waals surface area contributed by atoms with E-state index in [0.29, 0.717) is 12.5 Å². The quantitative estimate of drug-likeness (QED) is 0.675. The summed E-state index contributed by atoms with van der Waals surface area (Å²) in [6, 6.07) is 6.08. The fraction of sp³-hybridized carbons (Fsp3) is 0.526. The van der Waals surface area contributed by atoms with Gasteiger partial charge < -0.3 is 14.5 Å². The van der Waals surface area contributed by atoms with Gasteiger partial charge in [-0.1, -0.05) is 0 Å². The van der Waals surface area contributed by atoms with E-state index < -0.39 is 0 Å². The van der Waals surface area contributed by atoms with Gasteiger partial charge >= 0.3 is 0 Å². The molecule has 0 spiro atoms. The summed E-state index contributed by atoms with van der Waals surface area (Å²) in [7, 11) is 3.97. The van der Waals surface area contributed by atoms with Crippen molar-refractivity contribution in [1.82, 2.24) is 30.0 Å². The minimum atomic E-state index is 0.338. The van der Waals surface area contributed by atoms with Gasteiger partial charge in [-0.05, 0) is 31.0 Å². The zero-order valence-electron chi connectivity index (χ0n) is 16.2.